The number of nitrogens with two attached hydrogens (primary N) is 1. The number of rotatable bonds is 6. The second-order valence-corrected chi connectivity index (χ2v) is 6.35. The summed E-state index contributed by atoms with van der Waals surface area (Å²) in [7, 11) is 0. The van der Waals surface area contributed by atoms with E-state index in [9.17, 15) is 9.90 Å². The molecule has 2 heterocycles. The van der Waals surface area contributed by atoms with Gasteiger partial charge in [0, 0.05) is 16.7 Å². The Kier molecular flexibility index (Phi) is 4.84. The Morgan fingerprint density at radius 3 is 2.86 bits per heavy atom. The molecule has 0 saturated heterocycles. The molecule has 2 aromatic heterocycles. The lowest BCUT2D eigenvalue weighted by atomic mass is 10.0. The monoisotopic (exact) mass is 354 g/mol. The number of hydrogen-bond donors (Lipinski definition) is 3. The summed E-state index contributed by atoms with van der Waals surface area (Å²) in [6.07, 6.45) is 4.01. The van der Waals surface area contributed by atoms with Gasteiger partial charge in [-0.1, -0.05) is 13.8 Å². The van der Waals surface area contributed by atoms with Crippen molar-refractivity contribution in [2.24, 2.45) is 11.7 Å². The molecule has 1 amide bonds. The number of carbonyl (C=O) groups excluding carboxylic acids is 1. The Morgan fingerprint density at radius 2 is 2.29 bits per heavy atom. The van der Waals surface area contributed by atoms with E-state index in [1.54, 1.807) is 10.7 Å². The maximum Gasteiger partial charge on any atom is 0.252 e. The topological polar surface area (TPSA) is 92.6 Å². The number of aliphatic hydroxyl groups excluding tert-OH is 1. The van der Waals surface area contributed by atoms with Gasteiger partial charge in [-0.05, 0) is 34.3 Å². The van der Waals surface area contributed by atoms with Gasteiger partial charge in [-0.3, -0.25) is 4.79 Å². The lowest BCUT2D eigenvalue weighted by Crippen LogP contribution is -2.28. The van der Waals surface area contributed by atoms with E-state index in [1.807, 2.05) is 6.07 Å². The third-order valence-corrected chi connectivity index (χ3v) is 3.63. The predicted molar refractivity (Wildman–Crippen MR) is 85.4 cm³/mol. The van der Waals surface area contributed by atoms with E-state index < -0.39 is 5.91 Å². The zero-order valence-corrected chi connectivity index (χ0v) is 13.6. The Bertz CT molecular complexity index is 654. The third kappa shape index (κ3) is 3.54. The van der Waals surface area contributed by atoms with Crippen LogP contribution in [0.2, 0.25) is 0 Å². The predicted octanol–water partition coefficient (Wildman–Crippen LogP) is 2.01. The molecule has 0 saturated carbocycles. The molecular weight excluding hydrogens is 336 g/mol. The van der Waals surface area contributed by atoms with Gasteiger partial charge in [0.05, 0.1) is 29.6 Å². The van der Waals surface area contributed by atoms with Gasteiger partial charge >= 0.3 is 0 Å². The van der Waals surface area contributed by atoms with Crippen LogP contribution in [0.25, 0.3) is 5.52 Å². The quantitative estimate of drug-likeness (QED) is 0.739. The van der Waals surface area contributed by atoms with E-state index in [4.69, 9.17) is 5.73 Å². The number of carbonyl (C=O) groups is 1. The first-order valence-electron chi connectivity index (χ1n) is 6.76. The van der Waals surface area contributed by atoms with E-state index in [1.165, 1.54) is 6.20 Å². The average molecular weight is 355 g/mol. The van der Waals surface area contributed by atoms with Crippen LogP contribution in [0, 0.1) is 5.92 Å². The molecule has 114 valence electrons. The highest BCUT2D eigenvalue weighted by Crippen LogP contribution is 2.26. The smallest absolute Gasteiger partial charge is 0.252 e. The van der Waals surface area contributed by atoms with Crippen LogP contribution in [0.1, 0.15) is 30.6 Å². The normalized spacial score (nSPS) is 12.8. The molecule has 7 heteroatoms. The van der Waals surface area contributed by atoms with Crippen LogP contribution in [-0.2, 0) is 0 Å². The zero-order chi connectivity index (χ0) is 15.6. The summed E-state index contributed by atoms with van der Waals surface area (Å²) >= 11 is 3.39. The van der Waals surface area contributed by atoms with Crippen molar-refractivity contribution in [3.8, 4) is 0 Å². The number of halogens is 1. The number of aromatic nitrogens is 2. The summed E-state index contributed by atoms with van der Waals surface area (Å²) in [5.74, 6) is -0.130. The number of amides is 1. The largest absolute Gasteiger partial charge is 0.394 e. The van der Waals surface area contributed by atoms with Crippen molar-refractivity contribution in [3.63, 3.8) is 0 Å². The number of hydrogen-bond acceptors (Lipinski definition) is 4. The van der Waals surface area contributed by atoms with Crippen molar-refractivity contribution < 1.29 is 9.90 Å². The average Bonchev–Trinajstić information content (AvgIpc) is 2.78. The van der Waals surface area contributed by atoms with Gasteiger partial charge in [-0.25, -0.2) is 4.52 Å². The molecule has 0 spiro atoms. The summed E-state index contributed by atoms with van der Waals surface area (Å²) in [6, 6.07) is 1.70. The fourth-order valence-electron chi connectivity index (χ4n) is 2.32. The van der Waals surface area contributed by atoms with Crippen LogP contribution in [0.3, 0.4) is 0 Å². The second-order valence-electron chi connectivity index (χ2n) is 5.44. The van der Waals surface area contributed by atoms with Gasteiger partial charge in [0.15, 0.2) is 0 Å². The third-order valence-electron chi connectivity index (χ3n) is 3.19. The lowest BCUT2D eigenvalue weighted by molar-refractivity contribution is 0.100. The first-order chi connectivity index (χ1) is 9.92. The van der Waals surface area contributed by atoms with Gasteiger partial charge in [-0.2, -0.15) is 5.10 Å². The summed E-state index contributed by atoms with van der Waals surface area (Å²) < 4.78 is 2.51. The molecule has 2 aromatic rings. The highest BCUT2D eigenvalue weighted by molar-refractivity contribution is 9.10. The molecule has 0 aliphatic rings. The van der Waals surface area contributed by atoms with E-state index in [0.29, 0.717) is 17.2 Å². The lowest BCUT2D eigenvalue weighted by Gasteiger charge is -2.21. The van der Waals surface area contributed by atoms with Crippen LogP contribution < -0.4 is 11.1 Å². The van der Waals surface area contributed by atoms with Crippen molar-refractivity contribution in [2.45, 2.75) is 26.3 Å². The minimum Gasteiger partial charge on any atom is -0.394 e. The first-order valence-corrected chi connectivity index (χ1v) is 7.55. The fourth-order valence-corrected chi connectivity index (χ4v) is 2.73. The molecule has 0 radical (unpaired) electrons. The minimum atomic E-state index is -0.550. The molecule has 0 aliphatic heterocycles. The molecule has 4 N–H and O–H groups in total. The van der Waals surface area contributed by atoms with Gasteiger partial charge < -0.3 is 16.2 Å². The fraction of sp³-hybridized carbons (Fsp3) is 0.429. The zero-order valence-electron chi connectivity index (χ0n) is 12.0. The van der Waals surface area contributed by atoms with E-state index in [-0.39, 0.29) is 12.6 Å². The molecule has 0 fully saturated rings. The SMILES string of the molecule is CC(C)C[C@@H](CO)Nc1c(C(N)=O)cnn2cc(Br)cc12. The van der Waals surface area contributed by atoms with Gasteiger partial charge in [0.25, 0.3) is 5.91 Å². The Labute approximate surface area is 131 Å². The number of aliphatic hydroxyl groups is 1. The Balaban J connectivity index is 2.47. The molecule has 2 rings (SSSR count). The van der Waals surface area contributed by atoms with Crippen LogP contribution in [-0.4, -0.2) is 33.3 Å². The summed E-state index contributed by atoms with van der Waals surface area (Å²) in [5.41, 5.74) is 7.08. The Hall–Kier alpha value is -1.60. The van der Waals surface area contributed by atoms with Gasteiger partial charge in [0.1, 0.15) is 0 Å². The van der Waals surface area contributed by atoms with Crippen molar-refractivity contribution >= 4 is 33.0 Å². The second kappa shape index (κ2) is 6.44. The molecule has 0 unspecified atom stereocenters. The van der Waals surface area contributed by atoms with E-state index >= 15 is 0 Å². The van der Waals surface area contributed by atoms with Crippen molar-refractivity contribution in [1.29, 1.82) is 0 Å². The highest BCUT2D eigenvalue weighted by atomic mass is 79.9. The van der Waals surface area contributed by atoms with Crippen molar-refractivity contribution in [3.05, 3.63) is 28.5 Å². The van der Waals surface area contributed by atoms with Crippen LogP contribution >= 0.6 is 15.9 Å². The first kappa shape index (κ1) is 15.8. The molecule has 0 aliphatic carbocycles. The molecule has 0 bridgehead atoms. The number of anilines is 1. The summed E-state index contributed by atoms with van der Waals surface area (Å²) in [6.45, 7) is 4.14. The maximum absolute atomic E-state index is 11.6. The van der Waals surface area contributed by atoms with Crippen LogP contribution in [0.15, 0.2) is 22.9 Å². The van der Waals surface area contributed by atoms with Crippen molar-refractivity contribution in [1.82, 2.24) is 9.61 Å². The van der Waals surface area contributed by atoms with Crippen LogP contribution in [0.4, 0.5) is 5.69 Å². The molecular formula is C14H19BrN4O2. The molecule has 21 heavy (non-hydrogen) atoms. The molecule has 1 atom stereocenters. The minimum absolute atomic E-state index is 0.0211. The van der Waals surface area contributed by atoms with Crippen molar-refractivity contribution in [2.75, 3.05) is 11.9 Å². The molecule has 6 nitrogen and oxygen atoms in total. The highest BCUT2D eigenvalue weighted by Gasteiger charge is 2.18. The van der Waals surface area contributed by atoms with Gasteiger partial charge in [0.2, 0.25) is 0 Å². The van der Waals surface area contributed by atoms with E-state index in [0.717, 1.165) is 16.4 Å². The summed E-state index contributed by atoms with van der Waals surface area (Å²) in [5, 5.41) is 16.9. The number of nitrogens with one attached hydrogen (secondary N) is 1. The van der Waals surface area contributed by atoms with Crippen LogP contribution in [0.5, 0.6) is 0 Å². The Morgan fingerprint density at radius 1 is 1.57 bits per heavy atom. The standard InChI is InChI=1S/C14H19BrN4O2/c1-8(2)3-10(7-20)18-13-11(14(16)21)5-17-19-6-9(15)4-12(13)19/h4-6,8,10,18,20H,3,7H2,1-2H3,(H2,16,21)/t10-/m0/s1. The van der Waals surface area contributed by atoms with Gasteiger partial charge in [-0.15, -0.1) is 0 Å². The maximum atomic E-state index is 11.6. The number of nitrogens with zero attached hydrogens (tertiary/aromatic N) is 2. The molecule has 0 aromatic carbocycles. The van der Waals surface area contributed by atoms with E-state index in [2.05, 4.69) is 40.2 Å². The summed E-state index contributed by atoms with van der Waals surface area (Å²) in [4.78, 5) is 11.6. The number of fused-ring (bicyclic) bond motifs is 1. The number of primary amides is 1.